The van der Waals surface area contributed by atoms with Gasteiger partial charge in [-0.25, -0.2) is 10.3 Å². The van der Waals surface area contributed by atoms with E-state index in [1.165, 1.54) is 17.6 Å². The van der Waals surface area contributed by atoms with E-state index in [1.807, 2.05) is 0 Å². The number of aromatic hydroxyl groups is 1. The molecule has 0 spiro atoms. The second-order valence-electron chi connectivity index (χ2n) is 6.42. The highest BCUT2D eigenvalue weighted by molar-refractivity contribution is 9.10. The summed E-state index contributed by atoms with van der Waals surface area (Å²) in [5.41, 5.74) is 2.26. The van der Waals surface area contributed by atoms with Gasteiger partial charge < -0.3 is 19.3 Å². The van der Waals surface area contributed by atoms with Crippen LogP contribution in [0.25, 0.3) is 0 Å². The number of anilines is 1. The molecule has 0 bridgehead atoms. The molecular weight excluding hydrogens is 460 g/mol. The van der Waals surface area contributed by atoms with Gasteiger partial charge in [-0.1, -0.05) is 28.9 Å². The van der Waals surface area contributed by atoms with Crippen LogP contribution in [0, 0.1) is 5.92 Å². The maximum absolute atomic E-state index is 12.5. The second kappa shape index (κ2) is 9.51. The Kier molecular flexibility index (Phi) is 6.80. The number of carbonyl (C=O) groups is 2. The van der Waals surface area contributed by atoms with Crippen molar-refractivity contribution in [2.75, 3.05) is 12.1 Å². The van der Waals surface area contributed by atoms with E-state index in [0.717, 1.165) is 6.08 Å². The summed E-state index contributed by atoms with van der Waals surface area (Å²) < 4.78 is 16.8. The fourth-order valence-corrected chi connectivity index (χ4v) is 3.20. The van der Waals surface area contributed by atoms with Gasteiger partial charge in [0.15, 0.2) is 11.5 Å². The van der Waals surface area contributed by atoms with Gasteiger partial charge in [0.25, 0.3) is 5.91 Å². The Hall–Kier alpha value is -3.24. The summed E-state index contributed by atoms with van der Waals surface area (Å²) in [5.74, 6) is -0.258. The molecule has 1 heterocycles. The zero-order chi connectivity index (χ0) is 21.7. The Morgan fingerprint density at radius 2 is 1.97 bits per heavy atom. The van der Waals surface area contributed by atoms with E-state index in [2.05, 4.69) is 21.2 Å². The Labute approximate surface area is 180 Å². The number of phenolic OH excluding ortho intramolecular Hbond substituents is 1. The third-order valence-electron chi connectivity index (χ3n) is 4.29. The fourth-order valence-electron chi connectivity index (χ4n) is 2.82. The number of nitrogens with one attached hydrogen (secondary N) is 2. The molecule has 0 saturated heterocycles. The molecule has 1 aliphatic rings. The number of halogens is 1. The van der Waals surface area contributed by atoms with E-state index in [9.17, 15) is 14.7 Å². The highest BCUT2D eigenvalue weighted by atomic mass is 79.9. The number of phenols is 1. The van der Waals surface area contributed by atoms with Gasteiger partial charge >= 0.3 is 6.09 Å². The van der Waals surface area contributed by atoms with Gasteiger partial charge in [-0.15, -0.1) is 0 Å². The maximum Gasteiger partial charge on any atom is 0.412 e. The van der Waals surface area contributed by atoms with Gasteiger partial charge in [0.05, 0.1) is 0 Å². The largest absolute Gasteiger partial charge is 0.508 e. The van der Waals surface area contributed by atoms with Crippen LogP contribution in [0.1, 0.15) is 18.6 Å². The average Bonchev–Trinajstić information content (AvgIpc) is 3.19. The van der Waals surface area contributed by atoms with Crippen LogP contribution < -0.4 is 20.3 Å². The SMILES string of the molecule is C[C@H](/C=C/C(=O)NO)[C@@H](OC(=O)Nc1ccc2c(c1)OCO2)c1cc(Br)ccc1O. The van der Waals surface area contributed by atoms with E-state index >= 15 is 0 Å². The molecule has 158 valence electrons. The number of carbonyl (C=O) groups excluding carboxylic acids is 2. The van der Waals surface area contributed by atoms with Crippen molar-refractivity contribution in [2.24, 2.45) is 5.92 Å². The van der Waals surface area contributed by atoms with Crippen molar-refractivity contribution in [1.29, 1.82) is 0 Å². The minimum Gasteiger partial charge on any atom is -0.508 e. The number of ether oxygens (including phenoxy) is 3. The van der Waals surface area contributed by atoms with Gasteiger partial charge in [0.2, 0.25) is 6.79 Å². The van der Waals surface area contributed by atoms with Crippen LogP contribution in [0.3, 0.4) is 0 Å². The molecule has 30 heavy (non-hydrogen) atoms. The van der Waals surface area contributed by atoms with E-state index < -0.39 is 24.0 Å². The number of hydrogen-bond acceptors (Lipinski definition) is 7. The summed E-state index contributed by atoms with van der Waals surface area (Å²) in [6.07, 6.45) is 0.848. The number of fused-ring (bicyclic) bond motifs is 1. The number of rotatable bonds is 6. The van der Waals surface area contributed by atoms with Crippen LogP contribution in [0.2, 0.25) is 0 Å². The summed E-state index contributed by atoms with van der Waals surface area (Å²) in [7, 11) is 0. The Morgan fingerprint density at radius 3 is 2.73 bits per heavy atom. The molecule has 1 aliphatic heterocycles. The monoisotopic (exact) mass is 478 g/mol. The molecule has 2 aromatic rings. The first-order valence-corrected chi connectivity index (χ1v) is 9.64. The molecule has 2 atom stereocenters. The predicted octanol–water partition coefficient (Wildman–Crippen LogP) is 3.87. The standard InChI is InChI=1S/C20H19BrN2O7/c1-11(2-7-18(25)23-27)19(14-8-12(21)3-5-15(14)24)30-20(26)22-13-4-6-16-17(9-13)29-10-28-16/h2-9,11,19,24,27H,10H2,1H3,(H,22,26)(H,23,25)/b7-2+/t11-,19-/m1/s1. The number of hydrogen-bond donors (Lipinski definition) is 4. The molecule has 9 nitrogen and oxygen atoms in total. The van der Waals surface area contributed by atoms with Crippen molar-refractivity contribution in [3.63, 3.8) is 0 Å². The van der Waals surface area contributed by atoms with Crippen LogP contribution in [-0.4, -0.2) is 29.1 Å². The lowest BCUT2D eigenvalue weighted by molar-refractivity contribution is -0.124. The summed E-state index contributed by atoms with van der Waals surface area (Å²) in [5, 5.41) is 21.5. The van der Waals surface area contributed by atoms with E-state index in [4.69, 9.17) is 19.4 Å². The molecule has 0 unspecified atom stereocenters. The molecule has 2 amide bonds. The number of benzene rings is 2. The summed E-state index contributed by atoms with van der Waals surface area (Å²) in [6, 6.07) is 9.61. The third kappa shape index (κ3) is 5.22. The van der Waals surface area contributed by atoms with Crippen LogP contribution in [0.4, 0.5) is 10.5 Å². The maximum atomic E-state index is 12.5. The van der Waals surface area contributed by atoms with E-state index in [-0.39, 0.29) is 12.5 Å². The third-order valence-corrected chi connectivity index (χ3v) is 4.78. The van der Waals surface area contributed by atoms with Crippen LogP contribution in [-0.2, 0) is 9.53 Å². The van der Waals surface area contributed by atoms with Gasteiger partial charge in [-0.3, -0.25) is 15.3 Å². The zero-order valence-corrected chi connectivity index (χ0v) is 17.4. The van der Waals surface area contributed by atoms with Crippen molar-refractivity contribution in [2.45, 2.75) is 13.0 Å². The van der Waals surface area contributed by atoms with E-state index in [1.54, 1.807) is 37.3 Å². The highest BCUT2D eigenvalue weighted by Crippen LogP contribution is 2.37. The minimum atomic E-state index is -0.931. The van der Waals surface area contributed by atoms with Gasteiger partial charge in [0, 0.05) is 33.8 Å². The molecule has 0 radical (unpaired) electrons. The molecule has 0 saturated carbocycles. The second-order valence-corrected chi connectivity index (χ2v) is 7.33. The van der Waals surface area contributed by atoms with Crippen LogP contribution in [0.5, 0.6) is 17.2 Å². The molecule has 10 heteroatoms. The van der Waals surface area contributed by atoms with Crippen LogP contribution >= 0.6 is 15.9 Å². The van der Waals surface area contributed by atoms with Gasteiger partial charge in [0.1, 0.15) is 11.9 Å². The van der Waals surface area contributed by atoms with Crippen LogP contribution in [0.15, 0.2) is 53.0 Å². The van der Waals surface area contributed by atoms with Gasteiger partial charge in [-0.2, -0.15) is 0 Å². The summed E-state index contributed by atoms with van der Waals surface area (Å²) in [6.45, 7) is 1.80. The Morgan fingerprint density at radius 1 is 1.20 bits per heavy atom. The predicted molar refractivity (Wildman–Crippen MR) is 109 cm³/mol. The normalized spacial score (nSPS) is 14.2. The lowest BCUT2D eigenvalue weighted by atomic mass is 9.96. The number of amides is 2. The average molecular weight is 479 g/mol. The molecular formula is C20H19BrN2O7. The first kappa shape index (κ1) is 21.5. The van der Waals surface area contributed by atoms with Crippen molar-refractivity contribution in [3.05, 3.63) is 58.6 Å². The molecule has 0 aromatic heterocycles. The van der Waals surface area contributed by atoms with Crippen molar-refractivity contribution >= 4 is 33.6 Å². The molecule has 3 rings (SSSR count). The topological polar surface area (TPSA) is 126 Å². The molecule has 4 N–H and O–H groups in total. The highest BCUT2D eigenvalue weighted by Gasteiger charge is 2.26. The Balaban J connectivity index is 1.80. The van der Waals surface area contributed by atoms with Crippen molar-refractivity contribution < 1.29 is 34.1 Å². The lowest BCUT2D eigenvalue weighted by Gasteiger charge is -2.23. The van der Waals surface area contributed by atoms with Gasteiger partial charge in [-0.05, 0) is 30.3 Å². The molecule has 0 aliphatic carbocycles. The van der Waals surface area contributed by atoms with Crippen molar-refractivity contribution in [1.82, 2.24) is 5.48 Å². The molecule has 0 fully saturated rings. The minimum absolute atomic E-state index is 0.0778. The smallest absolute Gasteiger partial charge is 0.412 e. The summed E-state index contributed by atoms with van der Waals surface area (Å²) in [4.78, 5) is 23.9. The Bertz CT molecular complexity index is 980. The first-order valence-electron chi connectivity index (χ1n) is 8.85. The fraction of sp³-hybridized carbons (Fsp3) is 0.200. The van der Waals surface area contributed by atoms with E-state index in [0.29, 0.717) is 27.2 Å². The first-order chi connectivity index (χ1) is 14.4. The lowest BCUT2D eigenvalue weighted by Crippen LogP contribution is -2.22. The van der Waals surface area contributed by atoms with Crippen molar-refractivity contribution in [3.8, 4) is 17.2 Å². The molecule has 2 aromatic carbocycles. The zero-order valence-electron chi connectivity index (χ0n) is 15.8. The summed E-state index contributed by atoms with van der Waals surface area (Å²) >= 11 is 3.33. The number of hydroxylamine groups is 1. The quantitative estimate of drug-likeness (QED) is 0.282.